The average Bonchev–Trinajstić information content (AvgIpc) is 3.23. The first-order chi connectivity index (χ1) is 16.4. The lowest BCUT2D eigenvalue weighted by atomic mass is 9.99. The first-order valence-electron chi connectivity index (χ1n) is 12.0. The lowest BCUT2D eigenvalue weighted by molar-refractivity contribution is 0.250. The Kier molecular flexibility index (Phi) is 7.24. The maximum Gasteiger partial charge on any atom is 0.178 e. The molecule has 34 heavy (non-hydrogen) atoms. The zero-order valence-corrected chi connectivity index (χ0v) is 21.2. The van der Waals surface area contributed by atoms with Crippen molar-refractivity contribution in [2.75, 3.05) is 32.0 Å². The molecular formula is C27H33N3O3S. The Hall–Kier alpha value is -2.90. The molecule has 2 heterocycles. The Labute approximate surface area is 201 Å². The molecule has 0 bridgehead atoms. The highest BCUT2D eigenvalue weighted by atomic mass is 32.2. The van der Waals surface area contributed by atoms with Crippen molar-refractivity contribution >= 4 is 31.8 Å². The van der Waals surface area contributed by atoms with Crippen LogP contribution in [0, 0.1) is 6.92 Å². The summed E-state index contributed by atoms with van der Waals surface area (Å²) in [7, 11) is -3.30. The highest BCUT2D eigenvalue weighted by molar-refractivity contribution is 7.91. The molecule has 0 aliphatic carbocycles. The van der Waals surface area contributed by atoms with Crippen LogP contribution in [-0.2, 0) is 9.84 Å². The topological polar surface area (TPSA) is 75.3 Å². The molecule has 0 saturated carbocycles. The van der Waals surface area contributed by atoms with E-state index < -0.39 is 9.84 Å². The molecule has 0 spiro atoms. The van der Waals surface area contributed by atoms with Crippen LogP contribution in [0.4, 0.5) is 0 Å². The molecule has 4 rings (SSSR count). The van der Waals surface area contributed by atoms with E-state index in [9.17, 15) is 8.42 Å². The molecule has 0 unspecified atom stereocenters. The number of pyridine rings is 1. The molecule has 6 nitrogen and oxygen atoms in total. The lowest BCUT2D eigenvalue weighted by Crippen LogP contribution is -2.25. The van der Waals surface area contributed by atoms with E-state index >= 15 is 0 Å². The van der Waals surface area contributed by atoms with Crippen LogP contribution in [0.3, 0.4) is 0 Å². The van der Waals surface area contributed by atoms with E-state index in [2.05, 4.69) is 34.8 Å². The summed E-state index contributed by atoms with van der Waals surface area (Å²) in [5.74, 6) is 0.855. The predicted molar refractivity (Wildman–Crippen MR) is 139 cm³/mol. The molecule has 0 aliphatic rings. The van der Waals surface area contributed by atoms with Crippen LogP contribution in [0.25, 0.3) is 33.1 Å². The number of aromatic nitrogens is 2. The number of hydrogen-bond donors (Lipinski definition) is 1. The van der Waals surface area contributed by atoms with E-state index in [4.69, 9.17) is 4.74 Å². The first kappa shape index (κ1) is 24.2. The summed E-state index contributed by atoms with van der Waals surface area (Å²) in [6, 6.07) is 13.3. The molecular weight excluding hydrogens is 446 g/mol. The number of aryl methyl sites for hydroxylation is 1. The molecule has 0 amide bonds. The summed E-state index contributed by atoms with van der Waals surface area (Å²) in [6.07, 6.45) is 2.79. The number of hydrogen-bond acceptors (Lipinski definition) is 5. The second-order valence-corrected chi connectivity index (χ2v) is 10.8. The van der Waals surface area contributed by atoms with Gasteiger partial charge in [0.2, 0.25) is 0 Å². The summed E-state index contributed by atoms with van der Waals surface area (Å²) in [5.41, 5.74) is 4.55. The Morgan fingerprint density at radius 2 is 1.85 bits per heavy atom. The van der Waals surface area contributed by atoms with Gasteiger partial charge in [0.15, 0.2) is 9.84 Å². The minimum absolute atomic E-state index is 0.0718. The van der Waals surface area contributed by atoms with E-state index in [1.807, 2.05) is 31.3 Å². The number of ether oxygens (including phenoxy) is 1. The van der Waals surface area contributed by atoms with Crippen molar-refractivity contribution in [2.45, 2.75) is 39.0 Å². The molecule has 180 valence electrons. The summed E-state index contributed by atoms with van der Waals surface area (Å²) >= 11 is 0. The molecule has 0 saturated heterocycles. The van der Waals surface area contributed by atoms with Gasteiger partial charge >= 0.3 is 0 Å². The number of H-pyrrole nitrogens is 1. The molecule has 0 fully saturated rings. The largest absolute Gasteiger partial charge is 0.491 e. The van der Waals surface area contributed by atoms with Gasteiger partial charge in [0.1, 0.15) is 11.4 Å². The first-order valence-corrected chi connectivity index (χ1v) is 13.6. The highest BCUT2D eigenvalue weighted by Gasteiger charge is 2.18. The van der Waals surface area contributed by atoms with Crippen LogP contribution in [-0.4, -0.2) is 55.3 Å². The summed E-state index contributed by atoms with van der Waals surface area (Å²) in [5, 5.41) is 2.00. The fourth-order valence-electron chi connectivity index (χ4n) is 4.36. The summed E-state index contributed by atoms with van der Waals surface area (Å²) in [6.45, 7) is 11.7. The Bertz CT molecular complexity index is 1410. The number of rotatable bonds is 10. The van der Waals surface area contributed by atoms with Crippen molar-refractivity contribution in [1.82, 2.24) is 14.9 Å². The molecule has 0 radical (unpaired) electrons. The van der Waals surface area contributed by atoms with Gasteiger partial charge in [-0.05, 0) is 73.5 Å². The smallest absolute Gasteiger partial charge is 0.178 e. The monoisotopic (exact) mass is 479 g/mol. The maximum absolute atomic E-state index is 12.5. The average molecular weight is 480 g/mol. The van der Waals surface area contributed by atoms with Crippen molar-refractivity contribution in [3.63, 3.8) is 0 Å². The van der Waals surface area contributed by atoms with Crippen molar-refractivity contribution in [3.8, 4) is 16.9 Å². The predicted octanol–water partition coefficient (Wildman–Crippen LogP) is 5.60. The van der Waals surface area contributed by atoms with E-state index in [0.717, 1.165) is 70.4 Å². The van der Waals surface area contributed by atoms with E-state index in [0.29, 0.717) is 11.5 Å². The van der Waals surface area contributed by atoms with Gasteiger partial charge in [0, 0.05) is 23.5 Å². The molecule has 2 aromatic heterocycles. The van der Waals surface area contributed by atoms with Crippen LogP contribution in [0.5, 0.6) is 5.75 Å². The van der Waals surface area contributed by atoms with Gasteiger partial charge in [-0.1, -0.05) is 32.9 Å². The van der Waals surface area contributed by atoms with Crippen molar-refractivity contribution < 1.29 is 13.2 Å². The third-order valence-electron chi connectivity index (χ3n) is 6.36. The fourth-order valence-corrected chi connectivity index (χ4v) is 5.29. The minimum atomic E-state index is -3.30. The van der Waals surface area contributed by atoms with Gasteiger partial charge in [-0.3, -0.25) is 0 Å². The van der Waals surface area contributed by atoms with Gasteiger partial charge in [-0.2, -0.15) is 0 Å². The number of sulfone groups is 1. The zero-order valence-electron chi connectivity index (χ0n) is 20.4. The fraction of sp³-hybridized carbons (Fsp3) is 0.370. The maximum atomic E-state index is 12.5. The Morgan fingerprint density at radius 3 is 2.59 bits per heavy atom. The molecule has 1 N–H and O–H groups in total. The van der Waals surface area contributed by atoms with Crippen LogP contribution in [0.2, 0.25) is 0 Å². The Morgan fingerprint density at radius 1 is 1.06 bits per heavy atom. The number of benzene rings is 2. The quantitative estimate of drug-likeness (QED) is 0.300. The number of aromatic amines is 1. The highest BCUT2D eigenvalue weighted by Crippen LogP contribution is 2.39. The van der Waals surface area contributed by atoms with Crippen LogP contribution in [0.15, 0.2) is 53.6 Å². The van der Waals surface area contributed by atoms with Crippen LogP contribution >= 0.6 is 0 Å². The van der Waals surface area contributed by atoms with E-state index in [-0.39, 0.29) is 5.75 Å². The zero-order chi connectivity index (χ0) is 24.3. The summed E-state index contributed by atoms with van der Waals surface area (Å²) in [4.78, 5) is 10.8. The van der Waals surface area contributed by atoms with Gasteiger partial charge in [-0.15, -0.1) is 0 Å². The van der Waals surface area contributed by atoms with Gasteiger partial charge < -0.3 is 14.6 Å². The number of nitrogens with one attached hydrogen (secondary N) is 1. The molecule has 0 aliphatic heterocycles. The molecule has 7 heteroatoms. The third-order valence-corrected chi connectivity index (χ3v) is 8.09. The standard InChI is InChI=1S/C27H33N3O3S/c1-5-30(6-2)14-9-15-33-24-13-12-22(20-10-8-11-21(17-20)34(31,32)7-3)25-23-16-19(4)18-28-27(23)29-26(24)25/h8,10-13,16-18H,5-7,9,14-15H2,1-4H3,(H,28,29). The Balaban J connectivity index is 1.79. The number of fused-ring (bicyclic) bond motifs is 3. The van der Waals surface area contributed by atoms with Gasteiger partial charge in [-0.25, -0.2) is 13.4 Å². The molecule has 0 atom stereocenters. The second kappa shape index (κ2) is 10.2. The van der Waals surface area contributed by atoms with Gasteiger partial charge in [0.05, 0.1) is 22.8 Å². The SMILES string of the molecule is CCN(CC)CCCOc1ccc(-c2cccc(S(=O)(=O)CC)c2)c2c1[nH]c1ncc(C)cc12. The van der Waals surface area contributed by atoms with Gasteiger partial charge in [0.25, 0.3) is 0 Å². The normalized spacial score (nSPS) is 12.1. The summed E-state index contributed by atoms with van der Waals surface area (Å²) < 4.78 is 31.2. The van der Waals surface area contributed by atoms with Crippen molar-refractivity contribution in [2.24, 2.45) is 0 Å². The molecule has 4 aromatic rings. The van der Waals surface area contributed by atoms with Crippen LogP contribution in [0.1, 0.15) is 32.8 Å². The van der Waals surface area contributed by atoms with Crippen molar-refractivity contribution in [1.29, 1.82) is 0 Å². The second-order valence-electron chi connectivity index (χ2n) is 8.56. The van der Waals surface area contributed by atoms with Crippen LogP contribution < -0.4 is 4.74 Å². The third kappa shape index (κ3) is 4.81. The molecule has 2 aromatic carbocycles. The minimum Gasteiger partial charge on any atom is -0.491 e. The van der Waals surface area contributed by atoms with E-state index in [1.54, 1.807) is 25.1 Å². The lowest BCUT2D eigenvalue weighted by Gasteiger charge is -2.18. The van der Waals surface area contributed by atoms with E-state index in [1.165, 1.54) is 0 Å². The van der Waals surface area contributed by atoms with Crippen molar-refractivity contribution in [3.05, 3.63) is 54.2 Å². The number of nitrogens with zero attached hydrogens (tertiary/aromatic N) is 2.